The number of carbonyl (C=O) groups is 4. The molecule has 0 fully saturated rings. The summed E-state index contributed by atoms with van der Waals surface area (Å²) in [6.07, 6.45) is -0.364. The molecule has 0 saturated heterocycles. The molecular weight excluding hydrogens is 680 g/mol. The van der Waals surface area contributed by atoms with Gasteiger partial charge in [-0.1, -0.05) is 24.3 Å². The third-order valence-corrected chi connectivity index (χ3v) is 7.95. The van der Waals surface area contributed by atoms with Crippen molar-refractivity contribution in [1.29, 1.82) is 0 Å². The summed E-state index contributed by atoms with van der Waals surface area (Å²) in [6, 6.07) is 12.9. The number of hydrogen-bond acceptors (Lipinski definition) is 12. The molecule has 0 aromatic heterocycles. The Hall–Kier alpha value is -6.20. The molecule has 16 nitrogen and oxygen atoms in total. The van der Waals surface area contributed by atoms with E-state index in [0.717, 1.165) is 0 Å². The van der Waals surface area contributed by atoms with Crippen molar-refractivity contribution in [3.8, 4) is 45.6 Å². The van der Waals surface area contributed by atoms with Gasteiger partial charge in [-0.05, 0) is 96.5 Å². The summed E-state index contributed by atoms with van der Waals surface area (Å²) in [4.78, 5) is 45.6. The van der Waals surface area contributed by atoms with Crippen molar-refractivity contribution < 1.29 is 59.3 Å². The van der Waals surface area contributed by atoms with Crippen LogP contribution in [0.1, 0.15) is 22.3 Å². The zero-order valence-electron chi connectivity index (χ0n) is 27.5. The van der Waals surface area contributed by atoms with E-state index >= 15 is 0 Å². The highest BCUT2D eigenvalue weighted by Crippen LogP contribution is 2.47. The zero-order valence-corrected chi connectivity index (χ0v) is 27.5. The van der Waals surface area contributed by atoms with E-state index in [2.05, 4.69) is 0 Å². The topological polar surface area (TPSA) is 312 Å². The molecule has 4 rings (SSSR count). The van der Waals surface area contributed by atoms with Crippen molar-refractivity contribution in [2.24, 2.45) is 22.9 Å². The van der Waals surface area contributed by atoms with Gasteiger partial charge < -0.3 is 63.0 Å². The minimum absolute atomic E-state index is 0.0438. The largest absolute Gasteiger partial charge is 0.504 e. The molecule has 0 bridgehead atoms. The third kappa shape index (κ3) is 9.95. The number of phenols is 2. The van der Waals surface area contributed by atoms with Crippen LogP contribution in [0, 0.1) is 0 Å². The summed E-state index contributed by atoms with van der Waals surface area (Å²) in [7, 11) is 0. The zero-order chi connectivity index (χ0) is 38.3. The highest BCUT2D eigenvalue weighted by Gasteiger charge is 2.24. The first-order chi connectivity index (χ1) is 24.5. The van der Waals surface area contributed by atoms with Crippen molar-refractivity contribution in [3.05, 3.63) is 95.1 Å². The molecule has 0 spiro atoms. The lowest BCUT2D eigenvalue weighted by Crippen LogP contribution is -2.32. The van der Waals surface area contributed by atoms with E-state index in [-0.39, 0.29) is 70.9 Å². The second-order valence-electron chi connectivity index (χ2n) is 12.1. The number of carboxylic acids is 4. The second kappa shape index (κ2) is 16.7. The van der Waals surface area contributed by atoms with E-state index in [4.69, 9.17) is 42.6 Å². The molecule has 16 heteroatoms. The summed E-state index contributed by atoms with van der Waals surface area (Å²) in [5, 5.41) is 60.3. The number of carboxylic acid groups (broad SMARTS) is 4. The lowest BCUT2D eigenvalue weighted by Gasteiger charge is -2.19. The summed E-state index contributed by atoms with van der Waals surface area (Å²) in [6.45, 7) is 0. The lowest BCUT2D eigenvalue weighted by atomic mass is 9.94. The van der Waals surface area contributed by atoms with Crippen LogP contribution in [0.25, 0.3) is 11.1 Å². The Morgan fingerprint density at radius 1 is 0.462 bits per heavy atom. The first-order valence-electron chi connectivity index (χ1n) is 15.7. The predicted octanol–water partition coefficient (Wildman–Crippen LogP) is 2.17. The summed E-state index contributed by atoms with van der Waals surface area (Å²) < 4.78 is 11.9. The van der Waals surface area contributed by atoms with Crippen molar-refractivity contribution in [1.82, 2.24) is 0 Å². The van der Waals surface area contributed by atoms with Crippen molar-refractivity contribution in [2.75, 3.05) is 0 Å². The van der Waals surface area contributed by atoms with Gasteiger partial charge in [-0.15, -0.1) is 0 Å². The maximum atomic E-state index is 11.6. The first-order valence-corrected chi connectivity index (χ1v) is 15.7. The van der Waals surface area contributed by atoms with Gasteiger partial charge in [-0.2, -0.15) is 0 Å². The molecule has 4 aromatic rings. The number of aliphatic carboxylic acids is 4. The van der Waals surface area contributed by atoms with E-state index in [0.29, 0.717) is 11.1 Å². The van der Waals surface area contributed by atoms with Gasteiger partial charge in [0.15, 0.2) is 23.0 Å². The number of aromatic hydroxyl groups is 2. The molecule has 0 aliphatic rings. The van der Waals surface area contributed by atoms with Gasteiger partial charge >= 0.3 is 23.9 Å². The van der Waals surface area contributed by atoms with E-state index in [1.54, 1.807) is 24.3 Å². The van der Waals surface area contributed by atoms with Crippen LogP contribution in [-0.4, -0.2) is 78.7 Å². The van der Waals surface area contributed by atoms with Crippen LogP contribution in [-0.2, 0) is 44.9 Å². The van der Waals surface area contributed by atoms with Crippen molar-refractivity contribution in [2.45, 2.75) is 49.9 Å². The van der Waals surface area contributed by atoms with E-state index in [1.807, 2.05) is 0 Å². The fourth-order valence-corrected chi connectivity index (χ4v) is 5.14. The lowest BCUT2D eigenvalue weighted by molar-refractivity contribution is -0.139. The standard InChI is InChI=1S/C36H38N4O12/c37-25(33(43)44)11-17-1-5-21(6-2-17)51-29-15-19(13-27(39)35(47)48)9-23(31(29)41)24-10-20(14-28(40)36(49)50)16-30(32(24)42)52-22-7-3-18(4-8-22)12-26(38)34(45)46/h1-10,15-16,25-28,41-42H,11-14,37-40H2,(H,43,44)(H,45,46)(H,47,48)(H,49,50). The molecule has 0 radical (unpaired) electrons. The SMILES string of the molecule is NC(Cc1ccc(Oc2cc(CC(N)C(=O)O)cc(-c3cc(CC(N)C(=O)O)cc(Oc4ccc(CC(N)C(=O)O)cc4)c3O)c2O)cc1)C(=O)O. The molecule has 0 aliphatic heterocycles. The van der Waals surface area contributed by atoms with Crippen LogP contribution in [0.15, 0.2) is 72.8 Å². The molecule has 4 unspecified atom stereocenters. The number of ether oxygens (including phenoxy) is 2. The number of nitrogens with two attached hydrogens (primary N) is 4. The molecule has 0 aliphatic carbocycles. The maximum absolute atomic E-state index is 11.6. The Morgan fingerprint density at radius 2 is 0.731 bits per heavy atom. The van der Waals surface area contributed by atoms with Crippen molar-refractivity contribution >= 4 is 23.9 Å². The molecule has 4 atom stereocenters. The molecule has 52 heavy (non-hydrogen) atoms. The molecule has 14 N–H and O–H groups in total. The molecule has 274 valence electrons. The molecular formula is C36H38N4O12. The predicted molar refractivity (Wildman–Crippen MR) is 186 cm³/mol. The van der Waals surface area contributed by atoms with Gasteiger partial charge in [0, 0.05) is 11.1 Å². The van der Waals surface area contributed by atoms with E-state index < -0.39 is 59.5 Å². The van der Waals surface area contributed by atoms with Gasteiger partial charge in [-0.25, -0.2) is 0 Å². The second-order valence-corrected chi connectivity index (χ2v) is 12.1. The monoisotopic (exact) mass is 718 g/mol. The Labute approximate surface area is 296 Å². The van der Waals surface area contributed by atoms with Crippen LogP contribution >= 0.6 is 0 Å². The average molecular weight is 719 g/mol. The van der Waals surface area contributed by atoms with Gasteiger partial charge in [0.05, 0.1) is 0 Å². The Bertz CT molecular complexity index is 1810. The third-order valence-electron chi connectivity index (χ3n) is 7.95. The quantitative estimate of drug-likeness (QED) is 0.0748. The van der Waals surface area contributed by atoms with Crippen LogP contribution in [0.5, 0.6) is 34.5 Å². The molecule has 0 heterocycles. The minimum Gasteiger partial charge on any atom is -0.504 e. The Morgan fingerprint density at radius 3 is 1.00 bits per heavy atom. The summed E-state index contributed by atoms with van der Waals surface area (Å²) >= 11 is 0. The number of phenolic OH excluding ortho intramolecular Hbond substituents is 2. The Balaban J connectivity index is 1.80. The van der Waals surface area contributed by atoms with Gasteiger partial charge in [0.2, 0.25) is 0 Å². The van der Waals surface area contributed by atoms with E-state index in [9.17, 15) is 39.6 Å². The van der Waals surface area contributed by atoms with Crippen LogP contribution in [0.3, 0.4) is 0 Å². The first kappa shape index (κ1) is 38.6. The Kier molecular flexibility index (Phi) is 12.4. The van der Waals surface area contributed by atoms with Gasteiger partial charge in [0.25, 0.3) is 0 Å². The molecule has 4 aromatic carbocycles. The van der Waals surface area contributed by atoms with Crippen LogP contribution in [0.4, 0.5) is 0 Å². The van der Waals surface area contributed by atoms with Crippen LogP contribution in [0.2, 0.25) is 0 Å². The average Bonchev–Trinajstić information content (AvgIpc) is 3.08. The van der Waals surface area contributed by atoms with E-state index in [1.165, 1.54) is 48.5 Å². The highest BCUT2D eigenvalue weighted by atomic mass is 16.5. The van der Waals surface area contributed by atoms with Crippen LogP contribution < -0.4 is 32.4 Å². The highest BCUT2D eigenvalue weighted by molar-refractivity contribution is 5.82. The minimum atomic E-state index is -1.36. The summed E-state index contributed by atoms with van der Waals surface area (Å²) in [5.41, 5.74) is 24.6. The summed E-state index contributed by atoms with van der Waals surface area (Å²) in [5.74, 6) is -5.85. The maximum Gasteiger partial charge on any atom is 0.320 e. The molecule has 0 amide bonds. The smallest absolute Gasteiger partial charge is 0.320 e. The fourth-order valence-electron chi connectivity index (χ4n) is 5.14. The fraction of sp³-hybridized carbons (Fsp3) is 0.222. The normalized spacial score (nSPS) is 13.4. The number of rotatable bonds is 17. The number of benzene rings is 4. The van der Waals surface area contributed by atoms with Gasteiger partial charge in [0.1, 0.15) is 35.7 Å². The molecule has 0 saturated carbocycles. The van der Waals surface area contributed by atoms with Gasteiger partial charge in [-0.3, -0.25) is 19.2 Å². The van der Waals surface area contributed by atoms with Crippen molar-refractivity contribution in [3.63, 3.8) is 0 Å². The number of hydrogen-bond donors (Lipinski definition) is 10.